The van der Waals surface area contributed by atoms with Crippen molar-refractivity contribution in [1.29, 1.82) is 0 Å². The fraction of sp³-hybridized carbons (Fsp3) is 0.154. The maximum Gasteiger partial charge on any atom is 0.213 e. The van der Waals surface area contributed by atoms with Crippen molar-refractivity contribution in [2.24, 2.45) is 0 Å². The molecule has 1 aromatic carbocycles. The van der Waals surface area contributed by atoms with Crippen molar-refractivity contribution in [3.05, 3.63) is 53.7 Å². The fourth-order valence-corrected chi connectivity index (χ4v) is 1.38. The summed E-state index contributed by atoms with van der Waals surface area (Å²) < 4.78 is 10.9. The Hall–Kier alpha value is -1.74. The molecule has 0 aliphatic rings. The second kappa shape index (κ2) is 6.11. The number of nitrogens with zero attached hydrogens (tertiary/aromatic N) is 1. The number of pyridine rings is 1. The van der Waals surface area contributed by atoms with Gasteiger partial charge >= 0.3 is 0 Å². The lowest BCUT2D eigenvalue weighted by atomic mass is 10.3. The van der Waals surface area contributed by atoms with E-state index in [0.717, 1.165) is 5.75 Å². The highest BCUT2D eigenvalue weighted by Gasteiger charge is 1.96. The number of rotatable bonds is 5. The van der Waals surface area contributed by atoms with Crippen LogP contribution in [0.4, 0.5) is 0 Å². The van der Waals surface area contributed by atoms with E-state index >= 15 is 0 Å². The molecule has 0 aliphatic carbocycles. The lowest BCUT2D eigenvalue weighted by Crippen LogP contribution is -2.09. The van der Waals surface area contributed by atoms with Crippen LogP contribution in [0.15, 0.2) is 48.7 Å². The number of para-hydroxylation sites is 1. The SMILES string of the molecule is Clc1ccc(OCCOc2ccccc2)nc1. The molecule has 3 nitrogen and oxygen atoms in total. The van der Waals surface area contributed by atoms with Gasteiger partial charge in [0.25, 0.3) is 0 Å². The van der Waals surface area contributed by atoms with Crippen molar-refractivity contribution in [2.75, 3.05) is 13.2 Å². The van der Waals surface area contributed by atoms with Crippen molar-refractivity contribution in [3.63, 3.8) is 0 Å². The molecule has 2 aromatic rings. The second-order valence-electron chi connectivity index (χ2n) is 3.32. The molecule has 0 saturated carbocycles. The summed E-state index contributed by atoms with van der Waals surface area (Å²) in [5, 5.41) is 0.595. The summed E-state index contributed by atoms with van der Waals surface area (Å²) in [6.07, 6.45) is 1.55. The van der Waals surface area contributed by atoms with E-state index in [4.69, 9.17) is 21.1 Å². The first-order chi connectivity index (χ1) is 8.34. The van der Waals surface area contributed by atoms with Gasteiger partial charge in [-0.3, -0.25) is 0 Å². The molecule has 0 saturated heterocycles. The molecule has 1 aromatic heterocycles. The summed E-state index contributed by atoms with van der Waals surface area (Å²) in [4.78, 5) is 4.01. The molecular formula is C13H12ClNO2. The predicted octanol–water partition coefficient (Wildman–Crippen LogP) is 3.19. The maximum absolute atomic E-state index is 5.71. The van der Waals surface area contributed by atoms with Gasteiger partial charge in [0.1, 0.15) is 19.0 Å². The van der Waals surface area contributed by atoms with Crippen LogP contribution in [-0.2, 0) is 0 Å². The van der Waals surface area contributed by atoms with Crippen LogP contribution in [0.2, 0.25) is 5.02 Å². The highest BCUT2D eigenvalue weighted by atomic mass is 35.5. The van der Waals surface area contributed by atoms with Crippen molar-refractivity contribution >= 4 is 11.6 Å². The molecule has 1 heterocycles. The van der Waals surface area contributed by atoms with Crippen LogP contribution in [0.5, 0.6) is 11.6 Å². The summed E-state index contributed by atoms with van der Waals surface area (Å²) in [6.45, 7) is 0.928. The molecule has 0 bridgehead atoms. The van der Waals surface area contributed by atoms with E-state index in [-0.39, 0.29) is 0 Å². The van der Waals surface area contributed by atoms with Crippen LogP contribution < -0.4 is 9.47 Å². The molecule has 0 amide bonds. The van der Waals surface area contributed by atoms with E-state index in [1.165, 1.54) is 0 Å². The number of ether oxygens (including phenoxy) is 2. The molecule has 0 radical (unpaired) electrons. The van der Waals surface area contributed by atoms with E-state index in [9.17, 15) is 0 Å². The average molecular weight is 250 g/mol. The summed E-state index contributed by atoms with van der Waals surface area (Å²) in [7, 11) is 0. The largest absolute Gasteiger partial charge is 0.490 e. The van der Waals surface area contributed by atoms with Crippen LogP contribution in [0.25, 0.3) is 0 Å². The lowest BCUT2D eigenvalue weighted by Gasteiger charge is -2.07. The average Bonchev–Trinajstić information content (AvgIpc) is 2.38. The highest BCUT2D eigenvalue weighted by Crippen LogP contribution is 2.11. The summed E-state index contributed by atoms with van der Waals surface area (Å²) in [5.41, 5.74) is 0. The topological polar surface area (TPSA) is 31.4 Å². The third-order valence-electron chi connectivity index (χ3n) is 2.05. The summed E-state index contributed by atoms with van der Waals surface area (Å²) >= 11 is 5.71. The zero-order valence-electron chi connectivity index (χ0n) is 9.17. The number of hydrogen-bond donors (Lipinski definition) is 0. The Labute approximate surface area is 105 Å². The van der Waals surface area contributed by atoms with Crippen LogP contribution in [0.1, 0.15) is 0 Å². The van der Waals surface area contributed by atoms with Gasteiger partial charge in [-0.05, 0) is 18.2 Å². The van der Waals surface area contributed by atoms with Gasteiger partial charge in [0.2, 0.25) is 5.88 Å². The zero-order valence-corrected chi connectivity index (χ0v) is 9.93. The smallest absolute Gasteiger partial charge is 0.213 e. The van der Waals surface area contributed by atoms with E-state index in [1.807, 2.05) is 30.3 Å². The molecule has 0 fully saturated rings. The molecule has 4 heteroatoms. The van der Waals surface area contributed by atoms with E-state index < -0.39 is 0 Å². The number of halogens is 1. The highest BCUT2D eigenvalue weighted by molar-refractivity contribution is 6.30. The molecule has 0 spiro atoms. The Kier molecular flexibility index (Phi) is 4.22. The van der Waals surface area contributed by atoms with Gasteiger partial charge in [-0.1, -0.05) is 29.8 Å². The predicted molar refractivity (Wildman–Crippen MR) is 66.7 cm³/mol. The van der Waals surface area contributed by atoms with Gasteiger partial charge in [0.05, 0.1) is 5.02 Å². The molecule has 88 valence electrons. The third kappa shape index (κ3) is 3.96. The van der Waals surface area contributed by atoms with E-state index in [0.29, 0.717) is 24.1 Å². The van der Waals surface area contributed by atoms with Crippen molar-refractivity contribution < 1.29 is 9.47 Å². The Bertz CT molecular complexity index is 445. The van der Waals surface area contributed by atoms with Gasteiger partial charge in [-0.2, -0.15) is 0 Å². The van der Waals surface area contributed by atoms with Crippen LogP contribution in [0.3, 0.4) is 0 Å². The Morgan fingerprint density at radius 2 is 1.71 bits per heavy atom. The lowest BCUT2D eigenvalue weighted by molar-refractivity contribution is 0.212. The minimum Gasteiger partial charge on any atom is -0.490 e. The molecule has 0 atom stereocenters. The normalized spacial score (nSPS) is 9.94. The Balaban J connectivity index is 1.71. The minimum atomic E-state index is 0.448. The van der Waals surface area contributed by atoms with Crippen molar-refractivity contribution in [3.8, 4) is 11.6 Å². The minimum absolute atomic E-state index is 0.448. The van der Waals surface area contributed by atoms with Crippen LogP contribution in [0, 0.1) is 0 Å². The van der Waals surface area contributed by atoms with Gasteiger partial charge in [0, 0.05) is 12.3 Å². The Morgan fingerprint density at radius 3 is 2.41 bits per heavy atom. The third-order valence-corrected chi connectivity index (χ3v) is 2.27. The molecule has 0 aliphatic heterocycles. The zero-order chi connectivity index (χ0) is 11.9. The van der Waals surface area contributed by atoms with Crippen LogP contribution >= 0.6 is 11.6 Å². The first-order valence-corrected chi connectivity index (χ1v) is 5.64. The fourth-order valence-electron chi connectivity index (χ4n) is 1.27. The molecule has 0 N–H and O–H groups in total. The van der Waals surface area contributed by atoms with Gasteiger partial charge in [-0.25, -0.2) is 4.98 Å². The standard InChI is InChI=1S/C13H12ClNO2/c14-11-6-7-13(15-10-11)17-9-8-16-12-4-2-1-3-5-12/h1-7,10H,8-9H2. The van der Waals surface area contributed by atoms with Crippen LogP contribution in [-0.4, -0.2) is 18.2 Å². The van der Waals surface area contributed by atoms with Crippen molar-refractivity contribution in [2.45, 2.75) is 0 Å². The Morgan fingerprint density at radius 1 is 0.941 bits per heavy atom. The van der Waals surface area contributed by atoms with E-state index in [1.54, 1.807) is 18.3 Å². The first kappa shape index (κ1) is 11.7. The monoisotopic (exact) mass is 249 g/mol. The number of hydrogen-bond acceptors (Lipinski definition) is 3. The number of aromatic nitrogens is 1. The summed E-state index contributed by atoms with van der Waals surface area (Å²) in [6, 6.07) is 13.1. The maximum atomic E-state index is 5.71. The number of benzene rings is 1. The van der Waals surface area contributed by atoms with Gasteiger partial charge < -0.3 is 9.47 Å². The first-order valence-electron chi connectivity index (χ1n) is 5.27. The van der Waals surface area contributed by atoms with Gasteiger partial charge in [-0.15, -0.1) is 0 Å². The molecule has 0 unspecified atom stereocenters. The second-order valence-corrected chi connectivity index (χ2v) is 3.76. The summed E-state index contributed by atoms with van der Waals surface area (Å²) in [5.74, 6) is 1.38. The molecular weight excluding hydrogens is 238 g/mol. The quantitative estimate of drug-likeness (QED) is 0.763. The molecule has 2 rings (SSSR count). The van der Waals surface area contributed by atoms with Crippen molar-refractivity contribution in [1.82, 2.24) is 4.98 Å². The van der Waals surface area contributed by atoms with Gasteiger partial charge in [0.15, 0.2) is 0 Å². The van der Waals surface area contributed by atoms with E-state index in [2.05, 4.69) is 4.98 Å². The molecule has 17 heavy (non-hydrogen) atoms.